The molecule has 0 aromatic heterocycles. The van der Waals surface area contributed by atoms with Crippen molar-refractivity contribution in [2.75, 3.05) is 20.1 Å². The van der Waals surface area contributed by atoms with Gasteiger partial charge in [0.05, 0.1) is 17.6 Å². The lowest BCUT2D eigenvalue weighted by atomic mass is 10.1. The molecule has 150 valence electrons. The van der Waals surface area contributed by atoms with Crippen LogP contribution in [-0.4, -0.2) is 57.2 Å². The number of phenolic OH excluding ortho intramolecular Hbond substituents is 1. The normalized spacial score (nSPS) is 16.3. The Kier molecular flexibility index (Phi) is 6.36. The average molecular weight is 412 g/mol. The van der Waals surface area contributed by atoms with Crippen molar-refractivity contribution in [3.05, 3.63) is 70.6 Å². The summed E-state index contributed by atoms with van der Waals surface area (Å²) in [5, 5.41) is 19.1. The lowest BCUT2D eigenvalue weighted by Crippen LogP contribution is -2.41. The topological polar surface area (TPSA) is 98.2 Å². The van der Waals surface area contributed by atoms with Crippen LogP contribution in [0.1, 0.15) is 17.2 Å². The number of aromatic hydroxyl groups is 1. The standard InChI is InChI=1S/C21H20N2O5S/c1-22(12-17(25)15-7-9-16(24)10-8-15)19(26)13-23-20(27)18(29-21(23)28)11-14-5-3-2-4-6-14/h2-11,17,24-25H,12-13H2,1H3/b18-11+/t17-/m0/s1. The summed E-state index contributed by atoms with van der Waals surface area (Å²) in [5.41, 5.74) is 1.33. The van der Waals surface area contributed by atoms with Crippen LogP contribution in [0.5, 0.6) is 5.75 Å². The van der Waals surface area contributed by atoms with E-state index >= 15 is 0 Å². The first-order valence-corrected chi connectivity index (χ1v) is 9.68. The molecule has 2 aromatic carbocycles. The number of imide groups is 1. The molecule has 1 heterocycles. The number of nitrogens with zero attached hydrogens (tertiary/aromatic N) is 2. The van der Waals surface area contributed by atoms with Gasteiger partial charge in [0, 0.05) is 7.05 Å². The minimum absolute atomic E-state index is 0.0142. The van der Waals surface area contributed by atoms with E-state index in [0.717, 1.165) is 22.2 Å². The van der Waals surface area contributed by atoms with Gasteiger partial charge >= 0.3 is 0 Å². The van der Waals surface area contributed by atoms with Crippen molar-refractivity contribution >= 4 is 34.9 Å². The second-order valence-corrected chi connectivity index (χ2v) is 7.55. The molecule has 0 spiro atoms. The van der Waals surface area contributed by atoms with Crippen molar-refractivity contribution in [2.24, 2.45) is 0 Å². The fourth-order valence-electron chi connectivity index (χ4n) is 2.76. The monoisotopic (exact) mass is 412 g/mol. The van der Waals surface area contributed by atoms with Crippen molar-refractivity contribution < 1.29 is 24.6 Å². The molecule has 1 aliphatic rings. The Balaban J connectivity index is 1.62. The van der Waals surface area contributed by atoms with E-state index < -0.39 is 29.7 Å². The minimum atomic E-state index is -0.961. The van der Waals surface area contributed by atoms with E-state index in [1.165, 1.54) is 24.1 Å². The number of hydrogen-bond donors (Lipinski definition) is 2. The molecular weight excluding hydrogens is 392 g/mol. The van der Waals surface area contributed by atoms with Gasteiger partial charge in [0.15, 0.2) is 0 Å². The zero-order chi connectivity index (χ0) is 21.0. The van der Waals surface area contributed by atoms with Gasteiger partial charge in [-0.3, -0.25) is 19.3 Å². The average Bonchev–Trinajstić information content (AvgIpc) is 2.96. The number of likely N-dealkylation sites (N-methyl/N-ethyl adjacent to an activating group) is 1. The highest BCUT2D eigenvalue weighted by molar-refractivity contribution is 8.18. The van der Waals surface area contributed by atoms with Crippen LogP contribution in [0, 0.1) is 0 Å². The highest BCUT2D eigenvalue weighted by Crippen LogP contribution is 2.32. The Hall–Kier alpha value is -3.10. The SMILES string of the molecule is CN(C[C@H](O)c1ccc(O)cc1)C(=O)CN1C(=O)S/C(=C/c2ccccc2)C1=O. The Labute approximate surface area is 172 Å². The Morgan fingerprint density at radius 2 is 1.79 bits per heavy atom. The first-order valence-electron chi connectivity index (χ1n) is 8.86. The van der Waals surface area contributed by atoms with Crippen LogP contribution < -0.4 is 0 Å². The van der Waals surface area contributed by atoms with Crippen LogP contribution in [-0.2, 0) is 9.59 Å². The van der Waals surface area contributed by atoms with E-state index in [2.05, 4.69) is 0 Å². The number of amides is 3. The third-order valence-electron chi connectivity index (χ3n) is 4.41. The molecule has 2 N–H and O–H groups in total. The van der Waals surface area contributed by atoms with Gasteiger partial charge < -0.3 is 15.1 Å². The predicted octanol–water partition coefficient (Wildman–Crippen LogP) is 2.62. The molecule has 0 aliphatic carbocycles. The highest BCUT2D eigenvalue weighted by Gasteiger charge is 2.36. The Bertz CT molecular complexity index is 943. The van der Waals surface area contributed by atoms with Crippen LogP contribution in [0.3, 0.4) is 0 Å². The second-order valence-electron chi connectivity index (χ2n) is 6.56. The van der Waals surface area contributed by atoms with Crippen LogP contribution in [0.25, 0.3) is 6.08 Å². The summed E-state index contributed by atoms with van der Waals surface area (Å²) in [4.78, 5) is 39.6. The molecule has 3 rings (SSSR count). The fourth-order valence-corrected chi connectivity index (χ4v) is 3.59. The van der Waals surface area contributed by atoms with Gasteiger partial charge in [-0.25, -0.2) is 0 Å². The molecule has 1 aliphatic heterocycles. The zero-order valence-corrected chi connectivity index (χ0v) is 16.5. The lowest BCUT2D eigenvalue weighted by molar-refractivity contribution is -0.135. The Morgan fingerprint density at radius 3 is 2.45 bits per heavy atom. The first-order chi connectivity index (χ1) is 13.8. The van der Waals surface area contributed by atoms with Gasteiger partial charge in [0.25, 0.3) is 11.1 Å². The smallest absolute Gasteiger partial charge is 0.294 e. The van der Waals surface area contributed by atoms with E-state index in [1.54, 1.807) is 18.2 Å². The van der Waals surface area contributed by atoms with E-state index in [-0.39, 0.29) is 17.2 Å². The Morgan fingerprint density at radius 1 is 1.14 bits per heavy atom. The predicted molar refractivity (Wildman–Crippen MR) is 110 cm³/mol. The molecule has 1 fully saturated rings. The van der Waals surface area contributed by atoms with Crippen molar-refractivity contribution in [1.29, 1.82) is 0 Å². The zero-order valence-electron chi connectivity index (χ0n) is 15.7. The van der Waals surface area contributed by atoms with Gasteiger partial charge in [0.2, 0.25) is 5.91 Å². The number of rotatable bonds is 6. The third-order valence-corrected chi connectivity index (χ3v) is 5.32. The maximum atomic E-state index is 12.5. The molecule has 0 radical (unpaired) electrons. The molecule has 29 heavy (non-hydrogen) atoms. The fraction of sp³-hybridized carbons (Fsp3) is 0.190. The van der Waals surface area contributed by atoms with E-state index in [9.17, 15) is 24.6 Å². The second kappa shape index (κ2) is 8.93. The van der Waals surface area contributed by atoms with E-state index in [0.29, 0.717) is 5.56 Å². The minimum Gasteiger partial charge on any atom is -0.508 e. The number of aliphatic hydroxyl groups excluding tert-OH is 1. The summed E-state index contributed by atoms with van der Waals surface area (Å²) in [6.07, 6.45) is 0.658. The molecular formula is C21H20N2O5S. The van der Waals surface area contributed by atoms with Crippen molar-refractivity contribution in [3.63, 3.8) is 0 Å². The molecule has 2 aromatic rings. The maximum Gasteiger partial charge on any atom is 0.294 e. The van der Waals surface area contributed by atoms with Gasteiger partial charge in [-0.05, 0) is 41.1 Å². The van der Waals surface area contributed by atoms with Crippen molar-refractivity contribution in [2.45, 2.75) is 6.10 Å². The number of phenols is 1. The lowest BCUT2D eigenvalue weighted by Gasteiger charge is -2.23. The molecule has 7 nitrogen and oxygen atoms in total. The van der Waals surface area contributed by atoms with Crippen LogP contribution in [0.4, 0.5) is 4.79 Å². The van der Waals surface area contributed by atoms with Crippen molar-refractivity contribution in [1.82, 2.24) is 9.80 Å². The number of carbonyl (C=O) groups excluding carboxylic acids is 3. The molecule has 0 bridgehead atoms. The number of thioether (sulfide) groups is 1. The first kappa shape index (κ1) is 20.6. The number of benzene rings is 2. The quantitative estimate of drug-likeness (QED) is 0.708. The molecule has 0 saturated carbocycles. The number of hydrogen-bond acceptors (Lipinski definition) is 6. The highest BCUT2D eigenvalue weighted by atomic mass is 32.2. The third kappa shape index (κ3) is 5.04. The largest absolute Gasteiger partial charge is 0.508 e. The summed E-state index contributed by atoms with van der Waals surface area (Å²) >= 11 is 0.797. The molecule has 8 heteroatoms. The van der Waals surface area contributed by atoms with Gasteiger partial charge in [-0.15, -0.1) is 0 Å². The molecule has 3 amide bonds. The summed E-state index contributed by atoms with van der Waals surface area (Å²) in [5.74, 6) is -0.899. The van der Waals surface area contributed by atoms with Crippen LogP contribution in [0.2, 0.25) is 0 Å². The maximum absolute atomic E-state index is 12.5. The van der Waals surface area contributed by atoms with Gasteiger partial charge in [-0.1, -0.05) is 42.5 Å². The van der Waals surface area contributed by atoms with Gasteiger partial charge in [-0.2, -0.15) is 0 Å². The van der Waals surface area contributed by atoms with Gasteiger partial charge in [0.1, 0.15) is 12.3 Å². The summed E-state index contributed by atoms with van der Waals surface area (Å²) < 4.78 is 0. The van der Waals surface area contributed by atoms with E-state index in [1.807, 2.05) is 30.3 Å². The molecule has 1 saturated heterocycles. The molecule has 0 unspecified atom stereocenters. The van der Waals surface area contributed by atoms with Crippen LogP contribution in [0.15, 0.2) is 59.5 Å². The molecule has 1 atom stereocenters. The summed E-state index contributed by atoms with van der Waals surface area (Å²) in [6.45, 7) is -0.407. The number of carbonyl (C=O) groups is 3. The van der Waals surface area contributed by atoms with E-state index in [4.69, 9.17) is 0 Å². The van der Waals surface area contributed by atoms with Crippen molar-refractivity contribution in [3.8, 4) is 5.75 Å². The van der Waals surface area contributed by atoms with Crippen LogP contribution >= 0.6 is 11.8 Å². The number of aliphatic hydroxyl groups is 1. The summed E-state index contributed by atoms with van der Waals surface area (Å²) in [7, 11) is 1.49. The summed E-state index contributed by atoms with van der Waals surface area (Å²) in [6, 6.07) is 15.1.